The van der Waals surface area contributed by atoms with Gasteiger partial charge in [0.05, 0.1) is 6.04 Å². The van der Waals surface area contributed by atoms with Gasteiger partial charge in [-0.2, -0.15) is 0 Å². The Morgan fingerprint density at radius 1 is 1.43 bits per heavy atom. The first-order valence-corrected chi connectivity index (χ1v) is 7.41. The number of carbonyl (C=O) groups excluding carboxylic acids is 1. The summed E-state index contributed by atoms with van der Waals surface area (Å²) in [6.07, 6.45) is 2.53. The summed E-state index contributed by atoms with van der Waals surface area (Å²) in [6.45, 7) is 3.21. The maximum atomic E-state index is 12.2. The first-order chi connectivity index (χ1) is 10.1. The van der Waals surface area contributed by atoms with Crippen LogP contribution in [0.4, 0.5) is 4.79 Å². The van der Waals surface area contributed by atoms with Crippen LogP contribution in [0.25, 0.3) is 0 Å². The predicted octanol–water partition coefficient (Wildman–Crippen LogP) is 2.71. The lowest BCUT2D eigenvalue weighted by Crippen LogP contribution is -2.40. The van der Waals surface area contributed by atoms with Crippen molar-refractivity contribution in [1.82, 2.24) is 10.2 Å². The third-order valence-electron chi connectivity index (χ3n) is 3.78. The molecule has 114 valence electrons. The average Bonchev–Trinajstić information content (AvgIpc) is 2.92. The second-order valence-corrected chi connectivity index (χ2v) is 5.49. The van der Waals surface area contributed by atoms with Crippen molar-refractivity contribution >= 4 is 12.0 Å². The van der Waals surface area contributed by atoms with Gasteiger partial charge in [0, 0.05) is 19.5 Å². The van der Waals surface area contributed by atoms with E-state index >= 15 is 0 Å². The Hall–Kier alpha value is -2.04. The number of aryl methyl sites for hydroxylation is 1. The van der Waals surface area contributed by atoms with E-state index in [0.717, 1.165) is 19.4 Å². The van der Waals surface area contributed by atoms with Gasteiger partial charge in [0.1, 0.15) is 0 Å². The van der Waals surface area contributed by atoms with Gasteiger partial charge in [0.25, 0.3) is 0 Å². The Morgan fingerprint density at radius 2 is 2.24 bits per heavy atom. The number of hydrogen-bond donors (Lipinski definition) is 2. The molecule has 5 nitrogen and oxygen atoms in total. The Bertz CT molecular complexity index is 516. The number of carboxylic acid groups (broad SMARTS) is 1. The number of nitrogens with zero attached hydrogens (tertiary/aromatic N) is 1. The molecule has 1 aliphatic rings. The molecule has 1 saturated heterocycles. The number of benzene rings is 1. The molecular formula is C16H22N2O3. The van der Waals surface area contributed by atoms with Crippen LogP contribution in [0, 0.1) is 6.92 Å². The first-order valence-electron chi connectivity index (χ1n) is 7.41. The van der Waals surface area contributed by atoms with Gasteiger partial charge in [0.15, 0.2) is 0 Å². The number of amides is 2. The van der Waals surface area contributed by atoms with Crippen LogP contribution in [0.3, 0.4) is 0 Å². The SMILES string of the molecule is Cc1cccc(C2CCCN2C(=O)NCCCC(=O)O)c1. The van der Waals surface area contributed by atoms with Crippen LogP contribution in [0.15, 0.2) is 24.3 Å². The molecule has 0 aromatic heterocycles. The van der Waals surface area contributed by atoms with Gasteiger partial charge in [-0.25, -0.2) is 4.79 Å². The largest absolute Gasteiger partial charge is 0.481 e. The molecule has 2 rings (SSSR count). The number of carboxylic acids is 1. The summed E-state index contributed by atoms with van der Waals surface area (Å²) in [5, 5.41) is 11.4. The number of urea groups is 1. The molecule has 5 heteroatoms. The van der Waals surface area contributed by atoms with Gasteiger partial charge >= 0.3 is 12.0 Å². The van der Waals surface area contributed by atoms with Crippen molar-refractivity contribution in [1.29, 1.82) is 0 Å². The van der Waals surface area contributed by atoms with Crippen molar-refractivity contribution < 1.29 is 14.7 Å². The van der Waals surface area contributed by atoms with Crippen molar-refractivity contribution in [2.75, 3.05) is 13.1 Å². The number of likely N-dealkylation sites (tertiary alicyclic amines) is 1. The molecule has 2 N–H and O–H groups in total. The van der Waals surface area contributed by atoms with Crippen molar-refractivity contribution in [3.63, 3.8) is 0 Å². The maximum absolute atomic E-state index is 12.2. The van der Waals surface area contributed by atoms with E-state index in [1.807, 2.05) is 11.0 Å². The highest BCUT2D eigenvalue weighted by Crippen LogP contribution is 2.32. The van der Waals surface area contributed by atoms with Crippen molar-refractivity contribution in [2.24, 2.45) is 0 Å². The average molecular weight is 290 g/mol. The van der Waals surface area contributed by atoms with Gasteiger partial charge in [-0.1, -0.05) is 29.8 Å². The van der Waals surface area contributed by atoms with Gasteiger partial charge in [-0.15, -0.1) is 0 Å². The quantitative estimate of drug-likeness (QED) is 0.819. The fraction of sp³-hybridized carbons (Fsp3) is 0.500. The molecule has 0 spiro atoms. The maximum Gasteiger partial charge on any atom is 0.317 e. The molecule has 0 aliphatic carbocycles. The second kappa shape index (κ2) is 7.11. The Balaban J connectivity index is 1.92. The lowest BCUT2D eigenvalue weighted by Gasteiger charge is -2.25. The van der Waals surface area contributed by atoms with Crippen LogP contribution in [0.5, 0.6) is 0 Å². The molecule has 1 fully saturated rings. The molecule has 0 bridgehead atoms. The summed E-state index contributed by atoms with van der Waals surface area (Å²) < 4.78 is 0. The van der Waals surface area contributed by atoms with Crippen LogP contribution in [0.2, 0.25) is 0 Å². The fourth-order valence-corrected chi connectivity index (χ4v) is 2.77. The van der Waals surface area contributed by atoms with E-state index in [9.17, 15) is 9.59 Å². The number of hydrogen-bond acceptors (Lipinski definition) is 2. The monoisotopic (exact) mass is 290 g/mol. The summed E-state index contributed by atoms with van der Waals surface area (Å²) in [7, 11) is 0. The molecule has 0 saturated carbocycles. The van der Waals surface area contributed by atoms with Crippen LogP contribution in [0.1, 0.15) is 42.9 Å². The van der Waals surface area contributed by atoms with E-state index in [4.69, 9.17) is 5.11 Å². The predicted molar refractivity (Wildman–Crippen MR) is 80.1 cm³/mol. The molecule has 1 atom stereocenters. The van der Waals surface area contributed by atoms with Crippen LogP contribution >= 0.6 is 0 Å². The molecule has 2 amide bonds. The van der Waals surface area contributed by atoms with Crippen LogP contribution in [-0.4, -0.2) is 35.1 Å². The van der Waals surface area contributed by atoms with E-state index in [2.05, 4.69) is 30.4 Å². The minimum Gasteiger partial charge on any atom is -0.481 e. The lowest BCUT2D eigenvalue weighted by molar-refractivity contribution is -0.137. The summed E-state index contributed by atoms with van der Waals surface area (Å²) in [5.41, 5.74) is 2.37. The molecule has 1 heterocycles. The van der Waals surface area contributed by atoms with Gasteiger partial charge in [-0.3, -0.25) is 4.79 Å². The Morgan fingerprint density at radius 3 is 2.95 bits per heavy atom. The third kappa shape index (κ3) is 4.21. The standard InChI is InChI=1S/C16H22N2O3/c1-12-5-2-6-13(11-12)14-7-4-10-18(14)16(21)17-9-3-8-15(19)20/h2,5-6,11,14H,3-4,7-10H2,1H3,(H,17,21)(H,19,20). The molecule has 1 aromatic carbocycles. The first kappa shape index (κ1) is 15.4. The van der Waals surface area contributed by atoms with E-state index < -0.39 is 5.97 Å². The Kier molecular flexibility index (Phi) is 5.20. The number of nitrogens with one attached hydrogen (secondary N) is 1. The zero-order valence-corrected chi connectivity index (χ0v) is 12.3. The molecule has 21 heavy (non-hydrogen) atoms. The smallest absolute Gasteiger partial charge is 0.317 e. The van der Waals surface area contributed by atoms with E-state index in [1.165, 1.54) is 11.1 Å². The van der Waals surface area contributed by atoms with Crippen molar-refractivity contribution in [3.05, 3.63) is 35.4 Å². The minimum absolute atomic E-state index is 0.0849. The van der Waals surface area contributed by atoms with Crippen LogP contribution in [-0.2, 0) is 4.79 Å². The van der Waals surface area contributed by atoms with E-state index in [1.54, 1.807) is 0 Å². The lowest BCUT2D eigenvalue weighted by atomic mass is 10.0. The zero-order valence-electron chi connectivity index (χ0n) is 12.3. The molecule has 1 unspecified atom stereocenters. The van der Waals surface area contributed by atoms with E-state index in [-0.39, 0.29) is 18.5 Å². The van der Waals surface area contributed by atoms with E-state index in [0.29, 0.717) is 13.0 Å². The number of aliphatic carboxylic acids is 1. The summed E-state index contributed by atoms with van der Waals surface area (Å²) in [4.78, 5) is 24.5. The summed E-state index contributed by atoms with van der Waals surface area (Å²) in [5.74, 6) is -0.831. The highest BCUT2D eigenvalue weighted by molar-refractivity contribution is 5.75. The number of rotatable bonds is 5. The molecule has 1 aliphatic heterocycles. The third-order valence-corrected chi connectivity index (χ3v) is 3.78. The molecule has 0 radical (unpaired) electrons. The highest BCUT2D eigenvalue weighted by atomic mass is 16.4. The van der Waals surface area contributed by atoms with Crippen molar-refractivity contribution in [2.45, 2.75) is 38.6 Å². The summed E-state index contributed by atoms with van der Waals surface area (Å²) >= 11 is 0. The molecular weight excluding hydrogens is 268 g/mol. The Labute approximate surface area is 125 Å². The summed E-state index contributed by atoms with van der Waals surface area (Å²) in [6, 6.07) is 8.29. The second-order valence-electron chi connectivity index (χ2n) is 5.49. The van der Waals surface area contributed by atoms with Gasteiger partial charge in [-0.05, 0) is 31.7 Å². The fourth-order valence-electron chi connectivity index (χ4n) is 2.77. The highest BCUT2D eigenvalue weighted by Gasteiger charge is 2.29. The minimum atomic E-state index is -0.831. The van der Waals surface area contributed by atoms with Crippen LogP contribution < -0.4 is 5.32 Å². The normalized spacial score (nSPS) is 17.8. The van der Waals surface area contributed by atoms with Gasteiger partial charge in [0.2, 0.25) is 0 Å². The zero-order chi connectivity index (χ0) is 15.2. The van der Waals surface area contributed by atoms with Crippen molar-refractivity contribution in [3.8, 4) is 0 Å². The molecule has 1 aromatic rings. The topological polar surface area (TPSA) is 69.6 Å². The number of carbonyl (C=O) groups is 2. The van der Waals surface area contributed by atoms with Gasteiger partial charge < -0.3 is 15.3 Å².